The van der Waals surface area contributed by atoms with Gasteiger partial charge in [0.15, 0.2) is 0 Å². The normalized spacial score (nSPS) is 12.1. The molecule has 2 N–H and O–H groups in total. The van der Waals surface area contributed by atoms with Crippen LogP contribution in [0.15, 0.2) is 24.4 Å². The van der Waals surface area contributed by atoms with E-state index in [1.165, 1.54) is 0 Å². The molecular weight excluding hydrogens is 500 g/mol. The lowest BCUT2D eigenvalue weighted by atomic mass is 10.1. The van der Waals surface area contributed by atoms with Crippen molar-refractivity contribution in [2.75, 3.05) is 41.2 Å². The highest BCUT2D eigenvalue weighted by Crippen LogP contribution is 2.08. The minimum absolute atomic E-state index is 0.145. The maximum Gasteiger partial charge on any atom is 0.411 e. The highest BCUT2D eigenvalue weighted by Gasteiger charge is 2.17. The third-order valence-corrected chi connectivity index (χ3v) is 4.46. The Morgan fingerprint density at radius 3 is 1.69 bits per heavy atom. The minimum atomic E-state index is -0.458. The topological polar surface area (TPSA) is 104 Å². The number of allylic oxidation sites excluding steroid dienone is 3. The fraction of sp³-hybridized carbons (Fsp3) is 0.800. The first-order valence-corrected chi connectivity index (χ1v) is 13.9. The molecule has 0 bridgehead atoms. The summed E-state index contributed by atoms with van der Waals surface area (Å²) < 4.78 is 25.0. The summed E-state index contributed by atoms with van der Waals surface area (Å²) in [4.78, 5) is 22.8. The Morgan fingerprint density at radius 2 is 1.23 bits per heavy atom. The summed E-state index contributed by atoms with van der Waals surface area (Å²) in [5.74, 6) is 0. The fourth-order valence-electron chi connectivity index (χ4n) is 2.71. The van der Waals surface area contributed by atoms with Gasteiger partial charge < -0.3 is 29.0 Å². The summed E-state index contributed by atoms with van der Waals surface area (Å²) in [5.41, 5.74) is -0.0781. The molecule has 0 radical (unpaired) electrons. The van der Waals surface area contributed by atoms with Crippen molar-refractivity contribution in [2.45, 2.75) is 118 Å². The Morgan fingerprint density at radius 1 is 0.769 bits per heavy atom. The molecule has 0 heterocycles. The van der Waals surface area contributed by atoms with Gasteiger partial charge in [0.05, 0.1) is 0 Å². The van der Waals surface area contributed by atoms with E-state index in [1.807, 2.05) is 67.5 Å². The van der Waals surface area contributed by atoms with Crippen LogP contribution in [0.5, 0.6) is 0 Å². The van der Waals surface area contributed by atoms with E-state index in [1.54, 1.807) is 21.3 Å². The molecule has 0 fully saturated rings. The fourth-order valence-corrected chi connectivity index (χ4v) is 2.71. The predicted molar refractivity (Wildman–Crippen MR) is 160 cm³/mol. The summed E-state index contributed by atoms with van der Waals surface area (Å²) in [6.45, 7) is 20.8. The Hall–Kier alpha value is -2.10. The molecule has 0 aliphatic carbocycles. The van der Waals surface area contributed by atoms with Gasteiger partial charge in [0.25, 0.3) is 0 Å². The SMILES string of the molecule is C=CCCCOC.COCCC/C=C(/C)NC(=O)OC(C)(C)C.COCCCC[C@@H](C)NC(=O)OC(C)(C)C. The van der Waals surface area contributed by atoms with E-state index in [2.05, 4.69) is 17.2 Å². The molecule has 0 aromatic rings. The highest BCUT2D eigenvalue weighted by atomic mass is 16.6. The molecule has 9 heteroatoms. The number of methoxy groups -OCH3 is 3. The number of hydrogen-bond donors (Lipinski definition) is 2. The standard InChI is InChI=1S/C12H25NO3.C12H23NO3.C6H12O/c2*1-10(8-6-7-9-15-5)13-11(14)16-12(2,3)4;1-3-4-5-6-7-2/h10H,6-9H2,1-5H3,(H,13,14);8H,6-7,9H2,1-5H3,(H,13,14);3H,1,4-6H2,2H3/b;10-8-;/t10-;;/m1../s1. The Balaban J connectivity index is -0.000000537. The Bertz CT molecular complexity index is 638. The smallest absolute Gasteiger partial charge is 0.411 e. The van der Waals surface area contributed by atoms with E-state index in [0.29, 0.717) is 0 Å². The van der Waals surface area contributed by atoms with Crippen molar-refractivity contribution in [2.24, 2.45) is 0 Å². The molecule has 0 unspecified atom stereocenters. The van der Waals surface area contributed by atoms with Crippen LogP contribution in [0, 0.1) is 0 Å². The van der Waals surface area contributed by atoms with Gasteiger partial charge in [0.1, 0.15) is 11.2 Å². The van der Waals surface area contributed by atoms with Crippen LogP contribution in [0.2, 0.25) is 0 Å². The zero-order chi connectivity index (χ0) is 30.7. The van der Waals surface area contributed by atoms with Gasteiger partial charge in [-0.2, -0.15) is 0 Å². The first kappa shape index (κ1) is 41.4. The van der Waals surface area contributed by atoms with E-state index in [-0.39, 0.29) is 12.1 Å². The molecule has 0 aromatic carbocycles. The predicted octanol–water partition coefficient (Wildman–Crippen LogP) is 7.16. The number of carbonyl (C=O) groups is 2. The lowest BCUT2D eigenvalue weighted by Gasteiger charge is -2.21. The number of nitrogens with one attached hydrogen (secondary N) is 2. The summed E-state index contributed by atoms with van der Waals surface area (Å²) in [6, 6.07) is 0.145. The monoisotopic (exact) mass is 560 g/mol. The maximum absolute atomic E-state index is 11.4. The molecule has 0 saturated heterocycles. The molecule has 39 heavy (non-hydrogen) atoms. The van der Waals surface area contributed by atoms with Crippen LogP contribution < -0.4 is 10.6 Å². The molecule has 0 spiro atoms. The van der Waals surface area contributed by atoms with Crippen molar-refractivity contribution in [3.8, 4) is 0 Å². The molecule has 2 amide bonds. The van der Waals surface area contributed by atoms with Gasteiger partial charge in [-0.1, -0.05) is 12.2 Å². The van der Waals surface area contributed by atoms with Crippen LogP contribution in [-0.2, 0) is 23.7 Å². The lowest BCUT2D eigenvalue weighted by molar-refractivity contribution is 0.0502. The van der Waals surface area contributed by atoms with Gasteiger partial charge in [-0.3, -0.25) is 5.32 Å². The molecule has 0 saturated carbocycles. The number of alkyl carbamates (subject to hydrolysis) is 2. The second-order valence-corrected chi connectivity index (χ2v) is 11.1. The molecule has 232 valence electrons. The van der Waals surface area contributed by atoms with Crippen LogP contribution in [0.3, 0.4) is 0 Å². The van der Waals surface area contributed by atoms with Crippen LogP contribution >= 0.6 is 0 Å². The number of rotatable bonds is 15. The van der Waals surface area contributed by atoms with Crippen molar-refractivity contribution < 1.29 is 33.3 Å². The summed E-state index contributed by atoms with van der Waals surface area (Å²) in [7, 11) is 5.08. The molecule has 0 aromatic heterocycles. The number of ether oxygens (including phenoxy) is 5. The van der Waals surface area contributed by atoms with E-state index in [9.17, 15) is 9.59 Å². The lowest BCUT2D eigenvalue weighted by Crippen LogP contribution is -2.37. The number of unbranched alkanes of at least 4 members (excludes halogenated alkanes) is 3. The van der Waals surface area contributed by atoms with Crippen LogP contribution in [0.25, 0.3) is 0 Å². The Labute approximate surface area is 239 Å². The summed E-state index contributed by atoms with van der Waals surface area (Å²) >= 11 is 0. The van der Waals surface area contributed by atoms with E-state index in [0.717, 1.165) is 70.5 Å². The van der Waals surface area contributed by atoms with Crippen molar-refractivity contribution >= 4 is 12.2 Å². The summed E-state index contributed by atoms with van der Waals surface area (Å²) in [5, 5.41) is 5.48. The third-order valence-electron chi connectivity index (χ3n) is 4.46. The van der Waals surface area contributed by atoms with Gasteiger partial charge in [0.2, 0.25) is 0 Å². The van der Waals surface area contributed by atoms with Crippen LogP contribution in [0.1, 0.15) is 100 Å². The van der Waals surface area contributed by atoms with Gasteiger partial charge in [-0.15, -0.1) is 6.58 Å². The van der Waals surface area contributed by atoms with Gasteiger partial charge in [-0.05, 0) is 100 Å². The second kappa shape index (κ2) is 26.1. The van der Waals surface area contributed by atoms with E-state index in [4.69, 9.17) is 23.7 Å². The molecule has 0 aliphatic rings. The highest BCUT2D eigenvalue weighted by molar-refractivity contribution is 5.69. The van der Waals surface area contributed by atoms with Crippen molar-refractivity contribution in [3.05, 3.63) is 24.4 Å². The second-order valence-electron chi connectivity index (χ2n) is 11.1. The Kier molecular flexibility index (Phi) is 27.7. The van der Waals surface area contributed by atoms with Gasteiger partial charge >= 0.3 is 12.2 Å². The van der Waals surface area contributed by atoms with E-state index >= 15 is 0 Å². The number of hydrogen-bond acceptors (Lipinski definition) is 7. The van der Waals surface area contributed by atoms with E-state index < -0.39 is 17.3 Å². The average Bonchev–Trinajstić information content (AvgIpc) is 2.78. The third kappa shape index (κ3) is 40.5. The molecule has 9 nitrogen and oxygen atoms in total. The molecule has 1 atom stereocenters. The molecule has 0 rings (SSSR count). The molecular formula is C30H60N2O7. The minimum Gasteiger partial charge on any atom is -0.444 e. The van der Waals surface area contributed by atoms with Gasteiger partial charge in [-0.25, -0.2) is 9.59 Å². The van der Waals surface area contributed by atoms with Gasteiger partial charge in [0, 0.05) is 52.9 Å². The van der Waals surface area contributed by atoms with Crippen molar-refractivity contribution in [1.82, 2.24) is 10.6 Å². The summed E-state index contributed by atoms with van der Waals surface area (Å²) in [6.07, 6.45) is 10.1. The average molecular weight is 561 g/mol. The van der Waals surface area contributed by atoms with Crippen molar-refractivity contribution in [1.29, 1.82) is 0 Å². The zero-order valence-electron chi connectivity index (χ0n) is 26.9. The zero-order valence-corrected chi connectivity index (χ0v) is 26.9. The first-order valence-electron chi connectivity index (χ1n) is 13.9. The molecule has 0 aliphatic heterocycles. The maximum atomic E-state index is 11.4. The van der Waals surface area contributed by atoms with Crippen LogP contribution in [-0.4, -0.2) is 70.6 Å². The largest absolute Gasteiger partial charge is 0.444 e. The van der Waals surface area contributed by atoms with Crippen LogP contribution in [0.4, 0.5) is 9.59 Å². The first-order chi connectivity index (χ1) is 18.1. The quantitative estimate of drug-likeness (QED) is 0.162. The number of carbonyl (C=O) groups excluding carboxylic acids is 2. The number of amides is 2. The van der Waals surface area contributed by atoms with Crippen molar-refractivity contribution in [3.63, 3.8) is 0 Å².